The van der Waals surface area contributed by atoms with Crippen LogP contribution in [-0.2, 0) is 9.53 Å². The van der Waals surface area contributed by atoms with Gasteiger partial charge in [-0.05, 0) is 6.42 Å². The number of amides is 1. The van der Waals surface area contributed by atoms with Crippen LogP contribution < -0.4 is 0 Å². The number of carbonyl (C=O) groups is 1. The molecule has 0 saturated carbocycles. The minimum Gasteiger partial charge on any atom is -0.380 e. The van der Waals surface area contributed by atoms with Crippen molar-refractivity contribution in [3.63, 3.8) is 0 Å². The van der Waals surface area contributed by atoms with E-state index in [9.17, 15) is 23.1 Å². The molecule has 18 heavy (non-hydrogen) atoms. The van der Waals surface area contributed by atoms with Crippen molar-refractivity contribution < 1.29 is 27.8 Å². The van der Waals surface area contributed by atoms with Gasteiger partial charge in [0.1, 0.15) is 6.61 Å². The summed E-state index contributed by atoms with van der Waals surface area (Å²) in [7, 11) is 0. The minimum atomic E-state index is -4.64. The summed E-state index contributed by atoms with van der Waals surface area (Å²) in [5, 5.41) is 9.43. The summed E-state index contributed by atoms with van der Waals surface area (Å²) in [6, 6.07) is 0. The van der Waals surface area contributed by atoms with Crippen molar-refractivity contribution in [3.8, 4) is 0 Å². The van der Waals surface area contributed by atoms with E-state index in [4.69, 9.17) is 4.74 Å². The molecule has 0 bridgehead atoms. The average Bonchev–Trinajstić information content (AvgIpc) is 2.28. The molecule has 0 aromatic carbocycles. The van der Waals surface area contributed by atoms with Gasteiger partial charge in [0.05, 0.1) is 0 Å². The third-order valence-corrected chi connectivity index (χ3v) is 3.04. The highest BCUT2D eigenvalue weighted by Crippen LogP contribution is 2.38. The smallest absolute Gasteiger partial charge is 0.380 e. The number of aliphatic hydroxyl groups is 1. The normalized spacial score (nSPS) is 19.9. The topological polar surface area (TPSA) is 49.8 Å². The third kappa shape index (κ3) is 3.58. The van der Waals surface area contributed by atoms with Crippen LogP contribution >= 0.6 is 0 Å². The lowest BCUT2D eigenvalue weighted by atomic mass is 9.91. The number of alkyl halides is 3. The summed E-state index contributed by atoms with van der Waals surface area (Å²) >= 11 is 0. The van der Waals surface area contributed by atoms with Gasteiger partial charge in [-0.15, -0.1) is 0 Å². The monoisotopic (exact) mass is 269 g/mol. The van der Waals surface area contributed by atoms with E-state index >= 15 is 0 Å². The Bertz CT molecular complexity index is 286. The van der Waals surface area contributed by atoms with Crippen LogP contribution in [0.5, 0.6) is 0 Å². The molecule has 0 atom stereocenters. The number of rotatable bonds is 4. The first-order valence-corrected chi connectivity index (χ1v) is 5.95. The van der Waals surface area contributed by atoms with Crippen LogP contribution in [0, 0.1) is 0 Å². The number of ether oxygens (including phenoxy) is 1. The van der Waals surface area contributed by atoms with E-state index in [0.29, 0.717) is 6.61 Å². The first-order valence-electron chi connectivity index (χ1n) is 5.95. The molecule has 1 aliphatic rings. The number of piperidine rings is 1. The molecule has 4 nitrogen and oxygen atoms in total. The van der Waals surface area contributed by atoms with Crippen LogP contribution in [0.25, 0.3) is 0 Å². The molecule has 1 rings (SSSR count). The molecule has 0 unspecified atom stereocenters. The van der Waals surface area contributed by atoms with E-state index in [1.165, 1.54) is 4.90 Å². The second kappa shape index (κ2) is 5.88. The predicted molar refractivity (Wildman–Crippen MR) is 57.9 cm³/mol. The van der Waals surface area contributed by atoms with Crippen molar-refractivity contribution in [2.24, 2.45) is 0 Å². The van der Waals surface area contributed by atoms with Gasteiger partial charge in [0.2, 0.25) is 5.91 Å². The highest BCUT2D eigenvalue weighted by atomic mass is 19.4. The zero-order valence-corrected chi connectivity index (χ0v) is 10.3. The van der Waals surface area contributed by atoms with Crippen molar-refractivity contribution in [1.29, 1.82) is 0 Å². The number of nitrogens with zero attached hydrogens (tertiary/aromatic N) is 1. The van der Waals surface area contributed by atoms with Crippen LogP contribution in [0.1, 0.15) is 26.2 Å². The number of halogens is 3. The fourth-order valence-corrected chi connectivity index (χ4v) is 1.80. The Balaban J connectivity index is 2.42. The van der Waals surface area contributed by atoms with E-state index in [-0.39, 0.29) is 25.6 Å². The van der Waals surface area contributed by atoms with Crippen LogP contribution in [-0.4, -0.2) is 54.0 Å². The lowest BCUT2D eigenvalue weighted by molar-refractivity contribution is -0.272. The number of carbonyl (C=O) groups excluding carboxylic acids is 1. The third-order valence-electron chi connectivity index (χ3n) is 3.04. The SMILES string of the molecule is CCCOCC(=O)N1CCC(O)(C(F)(F)F)CC1. The summed E-state index contributed by atoms with van der Waals surface area (Å²) in [4.78, 5) is 12.9. The molecule has 1 heterocycles. The van der Waals surface area contributed by atoms with E-state index in [1.807, 2.05) is 6.92 Å². The maximum absolute atomic E-state index is 12.5. The van der Waals surface area contributed by atoms with Crippen molar-refractivity contribution in [2.45, 2.75) is 38.0 Å². The molecule has 1 fully saturated rings. The molecule has 0 radical (unpaired) electrons. The first-order chi connectivity index (χ1) is 8.30. The average molecular weight is 269 g/mol. The Morgan fingerprint density at radius 3 is 2.39 bits per heavy atom. The van der Waals surface area contributed by atoms with E-state index < -0.39 is 24.6 Å². The minimum absolute atomic E-state index is 0.0929. The molecule has 1 saturated heterocycles. The quantitative estimate of drug-likeness (QED) is 0.783. The molecule has 0 spiro atoms. The maximum Gasteiger partial charge on any atom is 0.417 e. The Labute approximate surface area is 104 Å². The number of hydrogen-bond acceptors (Lipinski definition) is 3. The van der Waals surface area contributed by atoms with E-state index in [1.54, 1.807) is 0 Å². The summed E-state index contributed by atoms with van der Waals surface area (Å²) in [6.07, 6.45) is -4.81. The zero-order chi connectivity index (χ0) is 13.8. The van der Waals surface area contributed by atoms with Crippen LogP contribution in [0.2, 0.25) is 0 Å². The van der Waals surface area contributed by atoms with Gasteiger partial charge in [-0.2, -0.15) is 13.2 Å². The standard InChI is InChI=1S/C11H18F3NO3/c1-2-7-18-8-9(16)15-5-3-10(17,4-6-15)11(12,13)14/h17H,2-8H2,1H3. The maximum atomic E-state index is 12.5. The van der Waals surface area contributed by atoms with Gasteiger partial charge in [0.25, 0.3) is 0 Å². The fourth-order valence-electron chi connectivity index (χ4n) is 1.80. The number of hydrogen-bond donors (Lipinski definition) is 1. The second-order valence-corrected chi connectivity index (χ2v) is 4.46. The Kier molecular flexibility index (Phi) is 4.98. The largest absolute Gasteiger partial charge is 0.417 e. The predicted octanol–water partition coefficient (Wildman–Crippen LogP) is 1.33. The zero-order valence-electron chi connectivity index (χ0n) is 10.3. The highest BCUT2D eigenvalue weighted by molar-refractivity contribution is 5.77. The van der Waals surface area contributed by atoms with Gasteiger partial charge in [0.15, 0.2) is 5.60 Å². The van der Waals surface area contributed by atoms with Gasteiger partial charge < -0.3 is 14.7 Å². The summed E-state index contributed by atoms with van der Waals surface area (Å²) in [5.41, 5.74) is -2.66. The van der Waals surface area contributed by atoms with Gasteiger partial charge in [-0.25, -0.2) is 0 Å². The Morgan fingerprint density at radius 2 is 1.94 bits per heavy atom. The Hall–Kier alpha value is -0.820. The van der Waals surface area contributed by atoms with Gasteiger partial charge >= 0.3 is 6.18 Å². The van der Waals surface area contributed by atoms with Crippen molar-refractivity contribution in [2.75, 3.05) is 26.3 Å². The molecule has 1 N–H and O–H groups in total. The van der Waals surface area contributed by atoms with Crippen LogP contribution in [0.4, 0.5) is 13.2 Å². The lowest BCUT2D eigenvalue weighted by Crippen LogP contribution is -2.54. The van der Waals surface area contributed by atoms with Crippen molar-refractivity contribution >= 4 is 5.91 Å². The molecule has 0 aliphatic carbocycles. The molecular formula is C11H18F3NO3. The van der Waals surface area contributed by atoms with Crippen molar-refractivity contribution in [1.82, 2.24) is 4.90 Å². The molecule has 0 aromatic rings. The van der Waals surface area contributed by atoms with Crippen molar-refractivity contribution in [3.05, 3.63) is 0 Å². The molecule has 1 amide bonds. The fraction of sp³-hybridized carbons (Fsp3) is 0.909. The second-order valence-electron chi connectivity index (χ2n) is 4.46. The van der Waals surface area contributed by atoms with E-state index in [2.05, 4.69) is 0 Å². The molecular weight excluding hydrogens is 251 g/mol. The molecule has 1 aliphatic heterocycles. The summed E-state index contributed by atoms with van der Waals surface area (Å²) < 4.78 is 42.6. The number of likely N-dealkylation sites (tertiary alicyclic amines) is 1. The van der Waals surface area contributed by atoms with E-state index in [0.717, 1.165) is 6.42 Å². The molecule has 7 heteroatoms. The van der Waals surface area contributed by atoms with Gasteiger partial charge in [-0.1, -0.05) is 6.92 Å². The van der Waals surface area contributed by atoms with Gasteiger partial charge in [0, 0.05) is 32.5 Å². The van der Waals surface area contributed by atoms with Crippen LogP contribution in [0.15, 0.2) is 0 Å². The molecule has 0 aromatic heterocycles. The van der Waals surface area contributed by atoms with Gasteiger partial charge in [-0.3, -0.25) is 4.79 Å². The summed E-state index contributed by atoms with van der Waals surface area (Å²) in [6.45, 7) is 2.05. The lowest BCUT2D eigenvalue weighted by Gasteiger charge is -2.39. The first kappa shape index (κ1) is 15.2. The summed E-state index contributed by atoms with van der Waals surface area (Å²) in [5.74, 6) is -0.326. The molecule has 106 valence electrons. The van der Waals surface area contributed by atoms with Crippen LogP contribution in [0.3, 0.4) is 0 Å². The Morgan fingerprint density at radius 1 is 1.39 bits per heavy atom. The highest BCUT2D eigenvalue weighted by Gasteiger charge is 2.54.